The molecule has 0 bridgehead atoms. The summed E-state index contributed by atoms with van der Waals surface area (Å²) in [6.07, 6.45) is 0.882. The molecular formula is C20H24FN3O. The van der Waals surface area contributed by atoms with Crippen molar-refractivity contribution in [2.45, 2.75) is 19.9 Å². The van der Waals surface area contributed by atoms with E-state index in [2.05, 4.69) is 17.1 Å². The maximum absolute atomic E-state index is 13.8. The number of halogens is 1. The van der Waals surface area contributed by atoms with Gasteiger partial charge in [0, 0.05) is 44.0 Å². The van der Waals surface area contributed by atoms with Gasteiger partial charge in [-0.1, -0.05) is 43.3 Å². The number of amides is 2. The van der Waals surface area contributed by atoms with Crippen LogP contribution in [0.1, 0.15) is 18.1 Å². The molecule has 0 aromatic heterocycles. The van der Waals surface area contributed by atoms with Gasteiger partial charge < -0.3 is 10.2 Å². The van der Waals surface area contributed by atoms with Gasteiger partial charge in [0.05, 0.1) is 0 Å². The third-order valence-corrected chi connectivity index (χ3v) is 4.65. The number of carbonyl (C=O) groups excluding carboxylic acids is 1. The number of rotatable bonds is 4. The van der Waals surface area contributed by atoms with E-state index in [9.17, 15) is 9.18 Å². The Labute approximate surface area is 148 Å². The monoisotopic (exact) mass is 341 g/mol. The Bertz CT molecular complexity index is 726. The summed E-state index contributed by atoms with van der Waals surface area (Å²) in [6, 6.07) is 14.7. The molecular weight excluding hydrogens is 317 g/mol. The lowest BCUT2D eigenvalue weighted by molar-refractivity contribution is 0.142. The molecule has 0 radical (unpaired) electrons. The number of benzene rings is 2. The predicted octanol–water partition coefficient (Wildman–Crippen LogP) is 3.74. The van der Waals surface area contributed by atoms with Crippen molar-refractivity contribution in [2.24, 2.45) is 0 Å². The first-order valence-corrected chi connectivity index (χ1v) is 8.77. The smallest absolute Gasteiger partial charge is 0.321 e. The van der Waals surface area contributed by atoms with Gasteiger partial charge in [-0.15, -0.1) is 0 Å². The van der Waals surface area contributed by atoms with E-state index < -0.39 is 0 Å². The van der Waals surface area contributed by atoms with Crippen LogP contribution in [0.4, 0.5) is 14.9 Å². The van der Waals surface area contributed by atoms with Crippen LogP contribution in [-0.4, -0.2) is 42.0 Å². The van der Waals surface area contributed by atoms with Crippen LogP contribution in [0.5, 0.6) is 0 Å². The molecule has 0 saturated carbocycles. The summed E-state index contributed by atoms with van der Waals surface area (Å²) in [5, 5.41) is 3.01. The molecule has 3 rings (SSSR count). The molecule has 0 spiro atoms. The lowest BCUT2D eigenvalue weighted by Crippen LogP contribution is -2.49. The number of para-hydroxylation sites is 1. The van der Waals surface area contributed by atoms with Gasteiger partial charge in [0.1, 0.15) is 5.82 Å². The SMILES string of the molecule is CCc1ccccc1NC(=O)N1CCN(Cc2ccccc2F)CC1. The van der Waals surface area contributed by atoms with E-state index >= 15 is 0 Å². The second-order valence-electron chi connectivity index (χ2n) is 6.30. The van der Waals surface area contributed by atoms with Crippen LogP contribution in [0, 0.1) is 5.82 Å². The first-order chi connectivity index (χ1) is 12.2. The number of hydrogen-bond donors (Lipinski definition) is 1. The van der Waals surface area contributed by atoms with Gasteiger partial charge in [-0.05, 0) is 24.1 Å². The minimum absolute atomic E-state index is 0.0635. The Morgan fingerprint density at radius 3 is 2.32 bits per heavy atom. The summed E-state index contributed by atoms with van der Waals surface area (Å²) in [7, 11) is 0. The fraction of sp³-hybridized carbons (Fsp3) is 0.350. The maximum atomic E-state index is 13.8. The fourth-order valence-electron chi connectivity index (χ4n) is 3.12. The standard InChI is InChI=1S/C20H24FN3O/c1-2-16-7-4-6-10-19(16)22-20(25)24-13-11-23(12-14-24)15-17-8-3-5-9-18(17)21/h3-10H,2,11-15H2,1H3,(H,22,25). The molecule has 2 aromatic carbocycles. The molecule has 5 heteroatoms. The topological polar surface area (TPSA) is 35.6 Å². The highest BCUT2D eigenvalue weighted by molar-refractivity contribution is 5.90. The number of anilines is 1. The Morgan fingerprint density at radius 2 is 1.64 bits per heavy atom. The Balaban J connectivity index is 1.53. The zero-order valence-electron chi connectivity index (χ0n) is 14.5. The van der Waals surface area contributed by atoms with Gasteiger partial charge in [0.15, 0.2) is 0 Å². The normalized spacial score (nSPS) is 15.2. The Hall–Kier alpha value is -2.40. The highest BCUT2D eigenvalue weighted by Crippen LogP contribution is 2.17. The Kier molecular flexibility index (Phi) is 5.66. The maximum Gasteiger partial charge on any atom is 0.321 e. The number of hydrogen-bond acceptors (Lipinski definition) is 2. The van der Waals surface area contributed by atoms with Crippen molar-refractivity contribution in [1.82, 2.24) is 9.80 Å². The number of urea groups is 1. The van der Waals surface area contributed by atoms with Crippen LogP contribution in [0.3, 0.4) is 0 Å². The molecule has 1 saturated heterocycles. The summed E-state index contributed by atoms with van der Waals surface area (Å²) >= 11 is 0. The van der Waals surface area contributed by atoms with Gasteiger partial charge in [-0.25, -0.2) is 9.18 Å². The molecule has 1 N–H and O–H groups in total. The molecule has 1 aliphatic heterocycles. The molecule has 1 aliphatic rings. The van der Waals surface area contributed by atoms with Crippen molar-refractivity contribution in [3.8, 4) is 0 Å². The molecule has 0 atom stereocenters. The summed E-state index contributed by atoms with van der Waals surface area (Å²) in [6.45, 7) is 5.45. The molecule has 1 heterocycles. The molecule has 1 fully saturated rings. The summed E-state index contributed by atoms with van der Waals surface area (Å²) < 4.78 is 13.8. The van der Waals surface area contributed by atoms with Crippen LogP contribution in [0.2, 0.25) is 0 Å². The van der Waals surface area contributed by atoms with Crippen LogP contribution in [-0.2, 0) is 13.0 Å². The van der Waals surface area contributed by atoms with Crippen molar-refractivity contribution in [2.75, 3.05) is 31.5 Å². The molecule has 25 heavy (non-hydrogen) atoms. The minimum atomic E-state index is -0.168. The third kappa shape index (κ3) is 4.37. The lowest BCUT2D eigenvalue weighted by Gasteiger charge is -2.34. The van der Waals surface area contributed by atoms with E-state index in [0.29, 0.717) is 25.2 Å². The third-order valence-electron chi connectivity index (χ3n) is 4.65. The molecule has 0 unspecified atom stereocenters. The van der Waals surface area contributed by atoms with Crippen LogP contribution in [0.25, 0.3) is 0 Å². The largest absolute Gasteiger partial charge is 0.322 e. The molecule has 2 amide bonds. The minimum Gasteiger partial charge on any atom is -0.322 e. The van der Waals surface area contributed by atoms with Crippen molar-refractivity contribution in [1.29, 1.82) is 0 Å². The van der Waals surface area contributed by atoms with Gasteiger partial charge in [-0.2, -0.15) is 0 Å². The fourth-order valence-corrected chi connectivity index (χ4v) is 3.12. The van der Waals surface area contributed by atoms with Gasteiger partial charge in [0.25, 0.3) is 0 Å². The highest BCUT2D eigenvalue weighted by Gasteiger charge is 2.22. The molecule has 0 aliphatic carbocycles. The second kappa shape index (κ2) is 8.12. The van der Waals surface area contributed by atoms with Crippen LogP contribution >= 0.6 is 0 Å². The summed E-state index contributed by atoms with van der Waals surface area (Å²) in [5.41, 5.74) is 2.72. The van der Waals surface area contributed by atoms with Gasteiger partial charge in [0.2, 0.25) is 0 Å². The van der Waals surface area contributed by atoms with E-state index in [1.807, 2.05) is 41.3 Å². The summed E-state index contributed by atoms with van der Waals surface area (Å²) in [5.74, 6) is -0.168. The number of nitrogens with one attached hydrogen (secondary N) is 1. The number of nitrogens with zero attached hydrogens (tertiary/aromatic N) is 2. The average molecular weight is 341 g/mol. The van der Waals surface area contributed by atoms with Crippen molar-refractivity contribution >= 4 is 11.7 Å². The average Bonchev–Trinajstić information content (AvgIpc) is 2.64. The zero-order chi connectivity index (χ0) is 17.6. The van der Waals surface area contributed by atoms with E-state index in [0.717, 1.165) is 30.8 Å². The quantitative estimate of drug-likeness (QED) is 0.919. The molecule has 132 valence electrons. The van der Waals surface area contributed by atoms with E-state index in [1.54, 1.807) is 6.07 Å². The predicted molar refractivity (Wildman–Crippen MR) is 98.1 cm³/mol. The first-order valence-electron chi connectivity index (χ1n) is 8.77. The number of aryl methyl sites for hydroxylation is 1. The highest BCUT2D eigenvalue weighted by atomic mass is 19.1. The van der Waals surface area contributed by atoms with E-state index in [4.69, 9.17) is 0 Å². The van der Waals surface area contributed by atoms with Crippen LogP contribution in [0.15, 0.2) is 48.5 Å². The Morgan fingerprint density at radius 1 is 1.00 bits per heavy atom. The van der Waals surface area contributed by atoms with Gasteiger partial charge in [-0.3, -0.25) is 4.90 Å². The van der Waals surface area contributed by atoms with Crippen molar-refractivity contribution in [3.05, 3.63) is 65.5 Å². The van der Waals surface area contributed by atoms with Crippen LogP contribution < -0.4 is 5.32 Å². The van der Waals surface area contributed by atoms with Gasteiger partial charge >= 0.3 is 6.03 Å². The van der Waals surface area contributed by atoms with Crippen molar-refractivity contribution in [3.63, 3.8) is 0 Å². The first kappa shape index (κ1) is 17.4. The molecule has 2 aromatic rings. The number of carbonyl (C=O) groups is 1. The second-order valence-corrected chi connectivity index (χ2v) is 6.30. The van der Waals surface area contributed by atoms with E-state index in [1.165, 1.54) is 6.07 Å². The van der Waals surface area contributed by atoms with Crippen molar-refractivity contribution < 1.29 is 9.18 Å². The summed E-state index contributed by atoms with van der Waals surface area (Å²) in [4.78, 5) is 16.5. The molecule has 4 nitrogen and oxygen atoms in total. The zero-order valence-corrected chi connectivity index (χ0v) is 14.5. The lowest BCUT2D eigenvalue weighted by atomic mass is 10.1. The van der Waals surface area contributed by atoms with E-state index in [-0.39, 0.29) is 11.8 Å². The number of piperazine rings is 1.